The molecule has 1 aliphatic heterocycles. The molecule has 1 aromatic heterocycles. The zero-order chi connectivity index (χ0) is 12.7. The summed E-state index contributed by atoms with van der Waals surface area (Å²) in [6.45, 7) is 3.66. The highest BCUT2D eigenvalue weighted by Gasteiger charge is 2.37. The minimum Gasteiger partial charge on any atom is -0.371 e. The van der Waals surface area contributed by atoms with Crippen molar-refractivity contribution in [3.05, 3.63) is 21.4 Å². The molecule has 18 heavy (non-hydrogen) atoms. The molecule has 2 aliphatic rings. The fraction of sp³-hybridized carbons (Fsp3) is 0.667. The Morgan fingerprint density at radius 2 is 2.28 bits per heavy atom. The number of H-pyrrole nitrogens is 1. The highest BCUT2D eigenvalue weighted by Crippen LogP contribution is 2.37. The summed E-state index contributed by atoms with van der Waals surface area (Å²) in [7, 11) is 0. The number of halogens is 1. The number of morpholine rings is 1. The Labute approximate surface area is 110 Å². The third kappa shape index (κ3) is 2.37. The Morgan fingerprint density at radius 1 is 1.50 bits per heavy atom. The topological polar surface area (TPSA) is 58.2 Å². The molecule has 0 aromatic carbocycles. The Hall–Kier alpha value is -1.07. The van der Waals surface area contributed by atoms with Crippen molar-refractivity contribution in [1.29, 1.82) is 0 Å². The van der Waals surface area contributed by atoms with Crippen molar-refractivity contribution in [2.24, 2.45) is 5.92 Å². The van der Waals surface area contributed by atoms with Gasteiger partial charge in [-0.1, -0.05) is 11.6 Å². The van der Waals surface area contributed by atoms with Crippen LogP contribution in [0.1, 0.15) is 19.8 Å². The van der Waals surface area contributed by atoms with E-state index in [0.717, 1.165) is 18.9 Å². The van der Waals surface area contributed by atoms with Gasteiger partial charge in [0.25, 0.3) is 5.56 Å². The van der Waals surface area contributed by atoms with Crippen LogP contribution < -0.4 is 10.5 Å². The summed E-state index contributed by atoms with van der Waals surface area (Å²) in [6.07, 6.45) is 2.97. The summed E-state index contributed by atoms with van der Waals surface area (Å²) < 4.78 is 5.94. The maximum Gasteiger partial charge on any atom is 0.283 e. The quantitative estimate of drug-likeness (QED) is 0.882. The third-order valence-corrected chi connectivity index (χ3v) is 3.78. The van der Waals surface area contributed by atoms with Crippen molar-refractivity contribution < 1.29 is 4.74 Å². The number of aromatic nitrogens is 2. The van der Waals surface area contributed by atoms with E-state index < -0.39 is 0 Å². The predicted octanol–water partition coefficient (Wildman–Crippen LogP) is 1.43. The fourth-order valence-corrected chi connectivity index (χ4v) is 2.58. The molecule has 0 amide bonds. The van der Waals surface area contributed by atoms with Gasteiger partial charge in [0.15, 0.2) is 5.82 Å². The van der Waals surface area contributed by atoms with E-state index in [4.69, 9.17) is 16.3 Å². The van der Waals surface area contributed by atoms with Crippen LogP contribution in [0.15, 0.2) is 10.9 Å². The number of anilines is 1. The van der Waals surface area contributed by atoms with E-state index in [1.165, 1.54) is 12.8 Å². The number of nitrogens with zero attached hydrogens (tertiary/aromatic N) is 2. The van der Waals surface area contributed by atoms with Crippen LogP contribution in [0.5, 0.6) is 0 Å². The van der Waals surface area contributed by atoms with Gasteiger partial charge in [-0.3, -0.25) is 4.79 Å². The molecule has 0 radical (unpaired) electrons. The number of aromatic amines is 1. The van der Waals surface area contributed by atoms with Crippen molar-refractivity contribution in [3.63, 3.8) is 0 Å². The fourth-order valence-electron chi connectivity index (χ4n) is 2.44. The normalized spacial score (nSPS) is 28.4. The Morgan fingerprint density at radius 3 is 2.94 bits per heavy atom. The second-order valence-corrected chi connectivity index (χ2v) is 5.54. The molecule has 2 heterocycles. The van der Waals surface area contributed by atoms with E-state index in [-0.39, 0.29) is 22.8 Å². The SMILES string of the molecule is C[C@H]1CN(c2cc(Cl)c(=O)[nH]n2)C[C@@H](C2CC2)O1. The molecule has 1 saturated heterocycles. The van der Waals surface area contributed by atoms with Crippen molar-refractivity contribution in [3.8, 4) is 0 Å². The van der Waals surface area contributed by atoms with Gasteiger partial charge >= 0.3 is 0 Å². The van der Waals surface area contributed by atoms with Gasteiger partial charge < -0.3 is 9.64 Å². The monoisotopic (exact) mass is 269 g/mol. The van der Waals surface area contributed by atoms with Crippen LogP contribution in [0.3, 0.4) is 0 Å². The lowest BCUT2D eigenvalue weighted by Gasteiger charge is -2.37. The van der Waals surface area contributed by atoms with E-state index in [0.29, 0.717) is 5.92 Å². The Bertz CT molecular complexity index is 500. The first-order chi connectivity index (χ1) is 8.63. The molecule has 3 rings (SSSR count). The second kappa shape index (κ2) is 4.55. The van der Waals surface area contributed by atoms with E-state index in [2.05, 4.69) is 22.0 Å². The summed E-state index contributed by atoms with van der Waals surface area (Å²) >= 11 is 5.84. The summed E-state index contributed by atoms with van der Waals surface area (Å²) in [5, 5.41) is 6.66. The highest BCUT2D eigenvalue weighted by atomic mass is 35.5. The van der Waals surface area contributed by atoms with E-state index in [9.17, 15) is 4.79 Å². The molecule has 1 N–H and O–H groups in total. The molecule has 1 saturated carbocycles. The average Bonchev–Trinajstić information content (AvgIpc) is 3.16. The van der Waals surface area contributed by atoms with Crippen LogP contribution in [0.4, 0.5) is 5.82 Å². The van der Waals surface area contributed by atoms with Gasteiger partial charge in [-0.05, 0) is 25.7 Å². The summed E-state index contributed by atoms with van der Waals surface area (Å²) in [5.74, 6) is 1.41. The third-order valence-electron chi connectivity index (χ3n) is 3.50. The van der Waals surface area contributed by atoms with Gasteiger partial charge in [-0.25, -0.2) is 5.10 Å². The molecule has 0 unspecified atom stereocenters. The Balaban J connectivity index is 1.81. The molecule has 5 nitrogen and oxygen atoms in total. The highest BCUT2D eigenvalue weighted by molar-refractivity contribution is 6.30. The molecule has 2 fully saturated rings. The van der Waals surface area contributed by atoms with Crippen molar-refractivity contribution in [2.75, 3.05) is 18.0 Å². The Kier molecular flexibility index (Phi) is 3.03. The van der Waals surface area contributed by atoms with Crippen LogP contribution in [0.25, 0.3) is 0 Å². The van der Waals surface area contributed by atoms with E-state index >= 15 is 0 Å². The first kappa shape index (κ1) is 12.0. The number of nitrogens with one attached hydrogen (secondary N) is 1. The summed E-state index contributed by atoms with van der Waals surface area (Å²) in [6, 6.07) is 1.63. The molecule has 1 aliphatic carbocycles. The van der Waals surface area contributed by atoms with Crippen molar-refractivity contribution in [2.45, 2.75) is 32.0 Å². The van der Waals surface area contributed by atoms with Crippen LogP contribution >= 0.6 is 11.6 Å². The van der Waals surface area contributed by atoms with E-state index in [1.807, 2.05) is 0 Å². The molecule has 6 heteroatoms. The maximum atomic E-state index is 11.2. The maximum absolute atomic E-state index is 11.2. The standard InChI is InChI=1S/C12H16ClN3O2/c1-7-5-16(6-10(18-7)8-2-3-8)11-4-9(13)12(17)15-14-11/h4,7-8,10H,2-3,5-6H2,1H3,(H,15,17)/t7-,10-/m0/s1. The first-order valence-corrected chi connectivity index (χ1v) is 6.67. The predicted molar refractivity (Wildman–Crippen MR) is 69.1 cm³/mol. The molecule has 98 valence electrons. The average molecular weight is 270 g/mol. The molecule has 2 atom stereocenters. The van der Waals surface area contributed by atoms with Crippen LogP contribution in [-0.2, 0) is 4.74 Å². The lowest BCUT2D eigenvalue weighted by atomic mass is 10.1. The van der Waals surface area contributed by atoms with Crippen molar-refractivity contribution >= 4 is 17.4 Å². The van der Waals surface area contributed by atoms with Gasteiger partial charge in [0.1, 0.15) is 5.02 Å². The van der Waals surface area contributed by atoms with Gasteiger partial charge in [-0.15, -0.1) is 0 Å². The molecule has 1 aromatic rings. The zero-order valence-corrected chi connectivity index (χ0v) is 11.0. The molecular formula is C12H16ClN3O2. The van der Waals surface area contributed by atoms with Crippen LogP contribution in [-0.4, -0.2) is 35.5 Å². The molecular weight excluding hydrogens is 254 g/mol. The summed E-state index contributed by atoms with van der Waals surface area (Å²) in [4.78, 5) is 13.3. The largest absolute Gasteiger partial charge is 0.371 e. The van der Waals surface area contributed by atoms with Crippen molar-refractivity contribution in [1.82, 2.24) is 10.2 Å². The number of rotatable bonds is 2. The second-order valence-electron chi connectivity index (χ2n) is 5.13. The van der Waals surface area contributed by atoms with E-state index in [1.54, 1.807) is 6.07 Å². The molecule has 0 bridgehead atoms. The minimum atomic E-state index is -0.347. The van der Waals surface area contributed by atoms with Gasteiger partial charge in [0.2, 0.25) is 0 Å². The lowest BCUT2D eigenvalue weighted by Crippen LogP contribution is -2.48. The minimum absolute atomic E-state index is 0.178. The first-order valence-electron chi connectivity index (χ1n) is 6.29. The van der Waals surface area contributed by atoms with Gasteiger partial charge in [0, 0.05) is 19.2 Å². The van der Waals surface area contributed by atoms with Crippen LogP contribution in [0.2, 0.25) is 5.02 Å². The summed E-state index contributed by atoms with van der Waals surface area (Å²) in [5.41, 5.74) is -0.347. The van der Waals surface area contributed by atoms with Gasteiger partial charge in [-0.2, -0.15) is 5.10 Å². The number of ether oxygens (including phenoxy) is 1. The number of hydrogen-bond donors (Lipinski definition) is 1. The smallest absolute Gasteiger partial charge is 0.283 e. The lowest BCUT2D eigenvalue weighted by molar-refractivity contribution is -0.0274. The number of hydrogen-bond acceptors (Lipinski definition) is 4. The molecule has 0 spiro atoms. The zero-order valence-electron chi connectivity index (χ0n) is 10.2. The van der Waals surface area contributed by atoms with Crippen LogP contribution in [0, 0.1) is 5.92 Å². The van der Waals surface area contributed by atoms with Gasteiger partial charge in [0.05, 0.1) is 12.2 Å².